The van der Waals surface area contributed by atoms with E-state index in [0.717, 1.165) is 6.08 Å². The van der Waals surface area contributed by atoms with Crippen molar-refractivity contribution < 1.29 is 23.4 Å². The summed E-state index contributed by atoms with van der Waals surface area (Å²) in [4.78, 5) is 22.8. The molecule has 0 radical (unpaired) electrons. The SMILES string of the molecule is C=CC(=O)Nc1cc(Nc2nccc(Nc3cc(Cl)c(F)cc3C(C)(C)O)n2)c(OC)cc1N1C[C@H](F)C[C@@H]1C. The maximum absolute atomic E-state index is 14.2. The van der Waals surface area contributed by atoms with Crippen LogP contribution in [-0.4, -0.2) is 46.8 Å². The molecule has 2 aromatic carbocycles. The zero-order valence-corrected chi connectivity index (χ0v) is 23.3. The van der Waals surface area contributed by atoms with Gasteiger partial charge in [-0.3, -0.25) is 4.79 Å². The van der Waals surface area contributed by atoms with Crippen LogP contribution in [0.4, 0.5) is 43.3 Å². The molecule has 0 unspecified atom stereocenters. The number of ether oxygens (including phenoxy) is 1. The van der Waals surface area contributed by atoms with Crippen LogP contribution in [0.1, 0.15) is 32.8 Å². The fourth-order valence-electron chi connectivity index (χ4n) is 4.56. The molecule has 0 bridgehead atoms. The van der Waals surface area contributed by atoms with E-state index in [2.05, 4.69) is 32.5 Å². The third-order valence-electron chi connectivity index (χ3n) is 6.48. The van der Waals surface area contributed by atoms with Crippen LogP contribution in [0.3, 0.4) is 0 Å². The number of nitrogens with zero attached hydrogens (tertiary/aromatic N) is 3. The highest BCUT2D eigenvalue weighted by atomic mass is 35.5. The highest BCUT2D eigenvalue weighted by Crippen LogP contribution is 2.41. The Balaban J connectivity index is 1.68. The lowest BCUT2D eigenvalue weighted by molar-refractivity contribution is -0.111. The Morgan fingerprint density at radius 3 is 2.62 bits per heavy atom. The summed E-state index contributed by atoms with van der Waals surface area (Å²) in [6.45, 7) is 8.68. The monoisotopic (exact) mass is 572 g/mol. The van der Waals surface area contributed by atoms with Gasteiger partial charge in [-0.25, -0.2) is 13.8 Å². The fourth-order valence-corrected chi connectivity index (χ4v) is 4.73. The van der Waals surface area contributed by atoms with Gasteiger partial charge in [-0.2, -0.15) is 4.98 Å². The number of aliphatic hydroxyl groups is 1. The minimum absolute atomic E-state index is 0.0854. The number of carbonyl (C=O) groups is 1. The lowest BCUT2D eigenvalue weighted by Gasteiger charge is -2.27. The van der Waals surface area contributed by atoms with E-state index in [1.165, 1.54) is 39.3 Å². The van der Waals surface area contributed by atoms with E-state index in [1.807, 2.05) is 11.8 Å². The van der Waals surface area contributed by atoms with Gasteiger partial charge in [0.2, 0.25) is 11.9 Å². The van der Waals surface area contributed by atoms with Crippen molar-refractivity contribution in [3.8, 4) is 5.75 Å². The van der Waals surface area contributed by atoms with E-state index in [-0.39, 0.29) is 29.1 Å². The molecule has 0 saturated carbocycles. The third-order valence-corrected chi connectivity index (χ3v) is 6.77. The number of halogens is 3. The van der Waals surface area contributed by atoms with Crippen molar-refractivity contribution in [3.63, 3.8) is 0 Å². The number of alkyl halides is 1. The number of aromatic nitrogens is 2. The van der Waals surface area contributed by atoms with Gasteiger partial charge in [-0.05, 0) is 51.1 Å². The van der Waals surface area contributed by atoms with Gasteiger partial charge in [0.25, 0.3) is 0 Å². The summed E-state index contributed by atoms with van der Waals surface area (Å²) < 4.78 is 33.9. The molecule has 40 heavy (non-hydrogen) atoms. The van der Waals surface area contributed by atoms with E-state index in [0.29, 0.717) is 40.7 Å². The number of hydrogen-bond donors (Lipinski definition) is 4. The fraction of sp³-hybridized carbons (Fsp3) is 0.321. The van der Waals surface area contributed by atoms with Gasteiger partial charge in [0.05, 0.1) is 34.8 Å². The van der Waals surface area contributed by atoms with Crippen LogP contribution in [0.5, 0.6) is 5.75 Å². The summed E-state index contributed by atoms with van der Waals surface area (Å²) in [7, 11) is 1.49. The predicted molar refractivity (Wildman–Crippen MR) is 153 cm³/mol. The Labute approximate surface area is 236 Å². The zero-order valence-electron chi connectivity index (χ0n) is 22.6. The average Bonchev–Trinajstić information content (AvgIpc) is 3.23. The first kappa shape index (κ1) is 29.0. The molecule has 1 fully saturated rings. The molecule has 4 rings (SSSR count). The Bertz CT molecular complexity index is 1430. The topological polar surface area (TPSA) is 112 Å². The molecule has 212 valence electrons. The number of hydrogen-bond acceptors (Lipinski definition) is 8. The van der Waals surface area contributed by atoms with Gasteiger partial charge in [-0.15, -0.1) is 0 Å². The standard InChI is InChI=1S/C28H31ClF2N6O3/c1-6-26(38)34-21-12-22(24(40-5)13-23(21)37-14-16(30)9-15(37)2)35-27-32-8-7-25(36-27)33-20-11-18(29)19(31)10-17(20)28(3,4)39/h6-8,10-13,15-16,39H,1,9,14H2,2-5H3,(H,34,38)(H2,32,33,35,36)/t15-,16+/m0/s1. The quantitative estimate of drug-likeness (QED) is 0.229. The summed E-state index contributed by atoms with van der Waals surface area (Å²) >= 11 is 6.00. The number of anilines is 6. The van der Waals surface area contributed by atoms with Crippen LogP contribution < -0.4 is 25.6 Å². The first-order chi connectivity index (χ1) is 18.9. The van der Waals surface area contributed by atoms with Crippen molar-refractivity contribution >= 4 is 52.0 Å². The van der Waals surface area contributed by atoms with Crippen LogP contribution in [0.15, 0.2) is 49.2 Å². The minimum atomic E-state index is -1.36. The van der Waals surface area contributed by atoms with Gasteiger partial charge >= 0.3 is 0 Å². The molecule has 1 amide bonds. The molecular weight excluding hydrogens is 542 g/mol. The Morgan fingerprint density at radius 2 is 2.00 bits per heavy atom. The van der Waals surface area contributed by atoms with Crippen molar-refractivity contribution in [2.24, 2.45) is 0 Å². The molecule has 2 heterocycles. The lowest BCUT2D eigenvalue weighted by Crippen LogP contribution is -2.28. The van der Waals surface area contributed by atoms with Gasteiger partial charge < -0.3 is 30.7 Å². The molecular formula is C28H31ClF2N6O3. The molecule has 0 aliphatic carbocycles. The molecule has 4 N–H and O–H groups in total. The van der Waals surface area contributed by atoms with Gasteiger partial charge in [0.15, 0.2) is 0 Å². The summed E-state index contributed by atoms with van der Waals surface area (Å²) in [6.07, 6.45) is 2.03. The second-order valence-electron chi connectivity index (χ2n) is 9.98. The predicted octanol–water partition coefficient (Wildman–Crippen LogP) is 6.05. The van der Waals surface area contributed by atoms with Crippen LogP contribution in [0.2, 0.25) is 5.02 Å². The summed E-state index contributed by atoms with van der Waals surface area (Å²) in [5, 5.41) is 19.4. The number of benzene rings is 2. The first-order valence-electron chi connectivity index (χ1n) is 12.5. The molecule has 1 aromatic heterocycles. The van der Waals surface area contributed by atoms with Crippen LogP contribution in [-0.2, 0) is 10.4 Å². The summed E-state index contributed by atoms with van der Waals surface area (Å²) in [5.74, 6) is -0.161. The van der Waals surface area contributed by atoms with E-state index in [9.17, 15) is 18.7 Å². The van der Waals surface area contributed by atoms with Crippen molar-refractivity contribution in [1.82, 2.24) is 9.97 Å². The largest absolute Gasteiger partial charge is 0.494 e. The molecule has 1 aliphatic rings. The molecule has 9 nitrogen and oxygen atoms in total. The average molecular weight is 573 g/mol. The molecule has 1 saturated heterocycles. The molecule has 0 spiro atoms. The Morgan fingerprint density at radius 1 is 1.25 bits per heavy atom. The maximum atomic E-state index is 14.2. The van der Waals surface area contributed by atoms with Crippen LogP contribution in [0, 0.1) is 5.82 Å². The molecule has 2 atom stereocenters. The van der Waals surface area contributed by atoms with Gasteiger partial charge in [-0.1, -0.05) is 18.2 Å². The van der Waals surface area contributed by atoms with E-state index < -0.39 is 23.5 Å². The normalized spacial score (nSPS) is 16.9. The summed E-state index contributed by atoms with van der Waals surface area (Å²) in [6, 6.07) is 7.42. The van der Waals surface area contributed by atoms with Gasteiger partial charge in [0, 0.05) is 42.5 Å². The van der Waals surface area contributed by atoms with E-state index >= 15 is 0 Å². The maximum Gasteiger partial charge on any atom is 0.247 e. The number of methoxy groups -OCH3 is 1. The van der Waals surface area contributed by atoms with Crippen LogP contribution in [0.25, 0.3) is 0 Å². The smallest absolute Gasteiger partial charge is 0.247 e. The minimum Gasteiger partial charge on any atom is -0.494 e. The van der Waals surface area contributed by atoms with Crippen LogP contribution >= 0.6 is 11.6 Å². The van der Waals surface area contributed by atoms with E-state index in [4.69, 9.17) is 16.3 Å². The van der Waals surface area contributed by atoms with Gasteiger partial charge in [0.1, 0.15) is 23.6 Å². The highest BCUT2D eigenvalue weighted by Gasteiger charge is 2.31. The second-order valence-corrected chi connectivity index (χ2v) is 10.4. The lowest BCUT2D eigenvalue weighted by atomic mass is 9.96. The van der Waals surface area contributed by atoms with E-state index in [1.54, 1.807) is 18.2 Å². The number of nitrogens with one attached hydrogen (secondary N) is 3. The summed E-state index contributed by atoms with van der Waals surface area (Å²) in [5.41, 5.74) is 0.763. The molecule has 1 aliphatic heterocycles. The molecule has 12 heteroatoms. The van der Waals surface area contributed by atoms with Crippen molar-refractivity contribution in [2.45, 2.75) is 45.0 Å². The van der Waals surface area contributed by atoms with Crippen molar-refractivity contribution in [3.05, 3.63) is 65.6 Å². The van der Waals surface area contributed by atoms with Crippen molar-refractivity contribution in [1.29, 1.82) is 0 Å². The zero-order chi connectivity index (χ0) is 29.2. The molecule has 3 aromatic rings. The third kappa shape index (κ3) is 6.43. The Hall–Kier alpha value is -3.96. The van der Waals surface area contributed by atoms with Crippen molar-refractivity contribution in [2.75, 3.05) is 34.5 Å². The Kier molecular flexibility index (Phi) is 8.45. The first-order valence-corrected chi connectivity index (χ1v) is 12.9. The highest BCUT2D eigenvalue weighted by molar-refractivity contribution is 6.31. The number of carbonyl (C=O) groups excluding carboxylic acids is 1. The second kappa shape index (κ2) is 11.6. The number of amides is 1. The number of rotatable bonds is 9.